The number of thiophene rings is 1. The predicted molar refractivity (Wildman–Crippen MR) is 86.9 cm³/mol. The van der Waals surface area contributed by atoms with Crippen molar-refractivity contribution in [1.82, 2.24) is 25.1 Å². The van der Waals surface area contributed by atoms with Crippen LogP contribution in [0.2, 0.25) is 0 Å². The number of hydrogen-bond donors (Lipinski definition) is 2. The minimum absolute atomic E-state index is 0.659. The van der Waals surface area contributed by atoms with E-state index in [4.69, 9.17) is 0 Å². The fourth-order valence-corrected chi connectivity index (χ4v) is 3.34. The summed E-state index contributed by atoms with van der Waals surface area (Å²) >= 11 is 3.17. The fourth-order valence-electron chi connectivity index (χ4n) is 1.86. The molecule has 110 valence electrons. The number of anilines is 1. The van der Waals surface area contributed by atoms with Crippen molar-refractivity contribution in [3.05, 3.63) is 23.1 Å². The van der Waals surface area contributed by atoms with Gasteiger partial charge in [0.25, 0.3) is 0 Å². The highest BCUT2D eigenvalue weighted by atomic mass is 32.2. The Morgan fingerprint density at radius 1 is 1.33 bits per heavy atom. The molecular weight excluding hydrogens is 304 g/mol. The van der Waals surface area contributed by atoms with E-state index in [1.165, 1.54) is 11.8 Å². The lowest BCUT2D eigenvalue weighted by molar-refractivity contribution is 0.954. The molecule has 6 nitrogen and oxygen atoms in total. The van der Waals surface area contributed by atoms with E-state index in [-0.39, 0.29) is 0 Å². The van der Waals surface area contributed by atoms with Crippen molar-refractivity contribution in [2.45, 2.75) is 31.2 Å². The molecule has 0 spiro atoms. The van der Waals surface area contributed by atoms with Crippen LogP contribution in [0.3, 0.4) is 0 Å². The molecule has 0 saturated heterocycles. The number of H-pyrrole nitrogens is 1. The number of aromatic nitrogens is 5. The monoisotopic (exact) mass is 320 g/mol. The smallest absolute Gasteiger partial charge is 0.208 e. The highest BCUT2D eigenvalue weighted by molar-refractivity contribution is 7.98. The Balaban J connectivity index is 1.80. The zero-order valence-corrected chi connectivity index (χ0v) is 13.5. The van der Waals surface area contributed by atoms with Crippen LogP contribution in [0.25, 0.3) is 10.2 Å². The Bertz CT molecular complexity index is 735. The Labute approximate surface area is 130 Å². The van der Waals surface area contributed by atoms with Gasteiger partial charge in [0.15, 0.2) is 0 Å². The molecule has 0 radical (unpaired) electrons. The van der Waals surface area contributed by atoms with Gasteiger partial charge in [0.1, 0.15) is 22.3 Å². The van der Waals surface area contributed by atoms with E-state index in [1.54, 1.807) is 11.3 Å². The SMILES string of the molecule is CCCNc1nc(CSc2n[nH]c(C)n2)nc2sccc12. The summed E-state index contributed by atoms with van der Waals surface area (Å²) in [5.41, 5.74) is 0. The fraction of sp³-hybridized carbons (Fsp3) is 0.385. The van der Waals surface area contributed by atoms with Gasteiger partial charge in [-0.1, -0.05) is 18.7 Å². The van der Waals surface area contributed by atoms with Crippen molar-refractivity contribution in [1.29, 1.82) is 0 Å². The van der Waals surface area contributed by atoms with Gasteiger partial charge >= 0.3 is 0 Å². The summed E-state index contributed by atoms with van der Waals surface area (Å²) in [7, 11) is 0. The zero-order chi connectivity index (χ0) is 14.7. The van der Waals surface area contributed by atoms with Gasteiger partial charge in [0.2, 0.25) is 5.16 Å². The first-order valence-electron chi connectivity index (χ1n) is 6.76. The second-order valence-electron chi connectivity index (χ2n) is 4.55. The molecule has 0 aliphatic heterocycles. The van der Waals surface area contributed by atoms with E-state index in [0.717, 1.165) is 45.8 Å². The van der Waals surface area contributed by atoms with E-state index in [9.17, 15) is 0 Å². The first-order chi connectivity index (χ1) is 10.3. The van der Waals surface area contributed by atoms with E-state index in [1.807, 2.05) is 12.3 Å². The maximum Gasteiger partial charge on any atom is 0.208 e. The van der Waals surface area contributed by atoms with Crippen LogP contribution in [0.15, 0.2) is 16.6 Å². The quantitative estimate of drug-likeness (QED) is 0.679. The molecule has 0 atom stereocenters. The van der Waals surface area contributed by atoms with E-state index >= 15 is 0 Å². The van der Waals surface area contributed by atoms with E-state index in [2.05, 4.69) is 43.5 Å². The second kappa shape index (κ2) is 6.40. The van der Waals surface area contributed by atoms with Gasteiger partial charge < -0.3 is 5.32 Å². The zero-order valence-electron chi connectivity index (χ0n) is 11.9. The number of nitrogens with zero attached hydrogens (tertiary/aromatic N) is 4. The lowest BCUT2D eigenvalue weighted by Crippen LogP contribution is -2.05. The maximum atomic E-state index is 4.63. The van der Waals surface area contributed by atoms with Crippen molar-refractivity contribution in [3.63, 3.8) is 0 Å². The summed E-state index contributed by atoms with van der Waals surface area (Å²) in [6.07, 6.45) is 1.07. The highest BCUT2D eigenvalue weighted by Gasteiger charge is 2.10. The van der Waals surface area contributed by atoms with Crippen LogP contribution < -0.4 is 5.32 Å². The average molecular weight is 320 g/mol. The Kier molecular flexibility index (Phi) is 4.35. The Morgan fingerprint density at radius 3 is 3.00 bits per heavy atom. The molecule has 0 saturated carbocycles. The highest BCUT2D eigenvalue weighted by Crippen LogP contribution is 2.27. The molecule has 3 rings (SSSR count). The second-order valence-corrected chi connectivity index (χ2v) is 6.38. The summed E-state index contributed by atoms with van der Waals surface area (Å²) < 4.78 is 0. The molecule has 0 fully saturated rings. The minimum atomic E-state index is 0.659. The molecule has 0 bridgehead atoms. The lowest BCUT2D eigenvalue weighted by Gasteiger charge is -2.07. The summed E-state index contributed by atoms with van der Waals surface area (Å²) in [4.78, 5) is 14.5. The maximum absolute atomic E-state index is 4.63. The van der Waals surface area contributed by atoms with Crippen LogP contribution in [-0.2, 0) is 5.75 Å². The number of thioether (sulfide) groups is 1. The average Bonchev–Trinajstić information content (AvgIpc) is 3.11. The van der Waals surface area contributed by atoms with Gasteiger partial charge in [-0.25, -0.2) is 15.0 Å². The van der Waals surface area contributed by atoms with Crippen molar-refractivity contribution < 1.29 is 0 Å². The van der Waals surface area contributed by atoms with Crippen molar-refractivity contribution in [2.24, 2.45) is 0 Å². The first-order valence-corrected chi connectivity index (χ1v) is 8.62. The van der Waals surface area contributed by atoms with E-state index < -0.39 is 0 Å². The van der Waals surface area contributed by atoms with Gasteiger partial charge in [-0.2, -0.15) is 0 Å². The predicted octanol–water partition coefficient (Wildman–Crippen LogP) is 3.23. The molecule has 3 heterocycles. The molecule has 0 aromatic carbocycles. The van der Waals surface area contributed by atoms with Gasteiger partial charge in [0.05, 0.1) is 11.1 Å². The molecule has 0 unspecified atom stereocenters. The molecule has 8 heteroatoms. The summed E-state index contributed by atoms with van der Waals surface area (Å²) in [5.74, 6) is 3.20. The number of hydrogen-bond acceptors (Lipinski definition) is 7. The van der Waals surface area contributed by atoms with Crippen LogP contribution in [0.5, 0.6) is 0 Å². The Hall–Kier alpha value is -1.67. The van der Waals surface area contributed by atoms with Crippen LogP contribution in [-0.4, -0.2) is 31.7 Å². The molecule has 0 aliphatic carbocycles. The van der Waals surface area contributed by atoms with Crippen molar-refractivity contribution in [3.8, 4) is 0 Å². The number of rotatable bonds is 6. The molecule has 21 heavy (non-hydrogen) atoms. The van der Waals surface area contributed by atoms with Gasteiger partial charge in [0, 0.05) is 6.54 Å². The largest absolute Gasteiger partial charge is 0.369 e. The third-order valence-electron chi connectivity index (χ3n) is 2.82. The normalized spacial score (nSPS) is 11.1. The summed E-state index contributed by atoms with van der Waals surface area (Å²) in [5, 5.41) is 14.2. The molecule has 3 aromatic heterocycles. The Morgan fingerprint density at radius 2 is 2.24 bits per heavy atom. The number of fused-ring (bicyclic) bond motifs is 1. The molecule has 3 aromatic rings. The molecule has 0 amide bonds. The molecule has 2 N–H and O–H groups in total. The third-order valence-corrected chi connectivity index (χ3v) is 4.47. The number of aryl methyl sites for hydroxylation is 1. The van der Waals surface area contributed by atoms with Crippen LogP contribution in [0, 0.1) is 6.92 Å². The van der Waals surface area contributed by atoms with Gasteiger partial charge in [-0.3, -0.25) is 5.10 Å². The number of nitrogens with one attached hydrogen (secondary N) is 2. The van der Waals surface area contributed by atoms with Crippen molar-refractivity contribution >= 4 is 39.1 Å². The summed E-state index contributed by atoms with van der Waals surface area (Å²) in [6.45, 7) is 4.94. The minimum Gasteiger partial charge on any atom is -0.369 e. The van der Waals surface area contributed by atoms with Gasteiger partial charge in [-0.15, -0.1) is 16.4 Å². The van der Waals surface area contributed by atoms with Crippen molar-refractivity contribution in [2.75, 3.05) is 11.9 Å². The van der Waals surface area contributed by atoms with Crippen LogP contribution in [0.1, 0.15) is 25.0 Å². The van der Waals surface area contributed by atoms with Crippen LogP contribution >= 0.6 is 23.1 Å². The standard InChI is InChI=1S/C13H16N6S2/c1-3-5-14-11-9-4-6-20-12(9)17-10(16-11)7-21-13-15-8(2)18-19-13/h4,6H,3,5,7H2,1-2H3,(H,14,16,17)(H,15,18,19). The molecule has 0 aliphatic rings. The number of aromatic amines is 1. The lowest BCUT2D eigenvalue weighted by atomic mass is 10.3. The summed E-state index contributed by atoms with van der Waals surface area (Å²) in [6, 6.07) is 2.06. The topological polar surface area (TPSA) is 79.4 Å². The van der Waals surface area contributed by atoms with Crippen LogP contribution in [0.4, 0.5) is 5.82 Å². The van der Waals surface area contributed by atoms with Gasteiger partial charge in [-0.05, 0) is 24.8 Å². The van der Waals surface area contributed by atoms with E-state index in [0.29, 0.717) is 5.75 Å². The third kappa shape index (κ3) is 3.33. The molecular formula is C13H16N6S2. The first kappa shape index (κ1) is 14.3.